The normalized spacial score (nSPS) is 11.4. The SMILES string of the molecule is Cc1ccc(S(=O)(=O)N(C)c2c(C(=O)Nc3sc(C)c(C)c3C(N)=O)cnn2C)cc1. The summed E-state index contributed by atoms with van der Waals surface area (Å²) in [5.74, 6) is -1.16. The van der Waals surface area contributed by atoms with Crippen molar-refractivity contribution in [3.63, 3.8) is 0 Å². The Bertz CT molecular complexity index is 1270. The van der Waals surface area contributed by atoms with Gasteiger partial charge in [0.25, 0.3) is 21.8 Å². The van der Waals surface area contributed by atoms with Crippen molar-refractivity contribution >= 4 is 44.0 Å². The number of primary amides is 1. The first-order valence-corrected chi connectivity index (χ1v) is 11.5. The Morgan fingerprint density at radius 1 is 1.16 bits per heavy atom. The molecule has 0 bridgehead atoms. The lowest BCUT2D eigenvalue weighted by Gasteiger charge is -2.21. The molecule has 3 rings (SSSR count). The maximum absolute atomic E-state index is 13.1. The van der Waals surface area contributed by atoms with E-state index in [0.29, 0.717) is 10.6 Å². The Morgan fingerprint density at radius 3 is 2.35 bits per heavy atom. The number of thiophene rings is 1. The number of hydrogen-bond donors (Lipinski definition) is 2. The third-order valence-corrected chi connectivity index (χ3v) is 7.87. The number of benzene rings is 1. The van der Waals surface area contributed by atoms with Crippen LogP contribution in [-0.4, -0.2) is 37.1 Å². The maximum atomic E-state index is 13.1. The highest BCUT2D eigenvalue weighted by Crippen LogP contribution is 2.33. The van der Waals surface area contributed by atoms with Gasteiger partial charge in [0, 0.05) is 19.0 Å². The molecule has 0 aliphatic heterocycles. The molecule has 0 fully saturated rings. The van der Waals surface area contributed by atoms with Crippen molar-refractivity contribution in [1.82, 2.24) is 9.78 Å². The topological polar surface area (TPSA) is 127 Å². The minimum atomic E-state index is -3.93. The van der Waals surface area contributed by atoms with Crippen LogP contribution in [0.5, 0.6) is 0 Å². The molecular weight excluding hydrogens is 438 g/mol. The van der Waals surface area contributed by atoms with Gasteiger partial charge in [-0.25, -0.2) is 8.42 Å². The van der Waals surface area contributed by atoms with Crippen LogP contribution in [0.15, 0.2) is 35.4 Å². The van der Waals surface area contributed by atoms with Gasteiger partial charge in [0.05, 0.1) is 16.7 Å². The summed E-state index contributed by atoms with van der Waals surface area (Å²) >= 11 is 1.23. The van der Waals surface area contributed by atoms with E-state index >= 15 is 0 Å². The third kappa shape index (κ3) is 4.06. The van der Waals surface area contributed by atoms with E-state index in [0.717, 1.165) is 14.7 Å². The number of aromatic nitrogens is 2. The summed E-state index contributed by atoms with van der Waals surface area (Å²) in [4.78, 5) is 25.8. The average molecular weight is 462 g/mol. The molecule has 2 heterocycles. The number of aryl methyl sites for hydroxylation is 3. The molecule has 0 aliphatic carbocycles. The minimum Gasteiger partial charge on any atom is -0.365 e. The smallest absolute Gasteiger partial charge is 0.265 e. The van der Waals surface area contributed by atoms with Crippen LogP contribution in [0.25, 0.3) is 0 Å². The molecule has 0 aliphatic rings. The monoisotopic (exact) mass is 461 g/mol. The summed E-state index contributed by atoms with van der Waals surface area (Å²) in [6.45, 7) is 5.43. The second kappa shape index (κ2) is 8.16. The van der Waals surface area contributed by atoms with E-state index in [9.17, 15) is 18.0 Å². The molecular formula is C20H23N5O4S2. The molecule has 0 atom stereocenters. The van der Waals surface area contributed by atoms with E-state index in [1.165, 1.54) is 41.4 Å². The summed E-state index contributed by atoms with van der Waals surface area (Å²) in [6, 6.07) is 6.41. The standard InChI is InChI=1S/C20H23N5O4S2/c1-11-6-8-14(9-7-11)31(28,29)25(5)20-15(10-22-24(20)4)18(27)23-19-16(17(21)26)12(2)13(3)30-19/h6-10H,1-5H3,(H2,21,26)(H,23,27). The van der Waals surface area contributed by atoms with Gasteiger partial charge in [-0.15, -0.1) is 11.3 Å². The molecule has 0 unspecified atom stereocenters. The van der Waals surface area contributed by atoms with Gasteiger partial charge in [-0.05, 0) is 38.5 Å². The van der Waals surface area contributed by atoms with Crippen LogP contribution < -0.4 is 15.4 Å². The van der Waals surface area contributed by atoms with Gasteiger partial charge in [-0.2, -0.15) is 5.10 Å². The summed E-state index contributed by atoms with van der Waals surface area (Å²) in [5, 5.41) is 7.06. The highest BCUT2D eigenvalue weighted by atomic mass is 32.2. The Hall–Kier alpha value is -3.18. The molecule has 0 radical (unpaired) electrons. The Morgan fingerprint density at radius 2 is 1.77 bits per heavy atom. The zero-order chi connectivity index (χ0) is 23.1. The van der Waals surface area contributed by atoms with Crippen LogP contribution in [0, 0.1) is 20.8 Å². The minimum absolute atomic E-state index is 0.0415. The Balaban J connectivity index is 1.99. The van der Waals surface area contributed by atoms with Crippen LogP contribution in [0.1, 0.15) is 36.7 Å². The van der Waals surface area contributed by atoms with Crippen molar-refractivity contribution in [3.8, 4) is 0 Å². The number of sulfonamides is 1. The van der Waals surface area contributed by atoms with E-state index < -0.39 is 21.8 Å². The largest absolute Gasteiger partial charge is 0.365 e. The zero-order valence-corrected chi connectivity index (χ0v) is 19.4. The van der Waals surface area contributed by atoms with E-state index in [-0.39, 0.29) is 21.8 Å². The zero-order valence-electron chi connectivity index (χ0n) is 17.8. The van der Waals surface area contributed by atoms with E-state index in [4.69, 9.17) is 5.73 Å². The fourth-order valence-electron chi connectivity index (χ4n) is 3.13. The molecule has 0 saturated heterocycles. The molecule has 2 amide bonds. The first-order chi connectivity index (χ1) is 14.4. The van der Waals surface area contributed by atoms with Crippen molar-refractivity contribution in [2.45, 2.75) is 25.7 Å². The van der Waals surface area contributed by atoms with Gasteiger partial charge >= 0.3 is 0 Å². The van der Waals surface area contributed by atoms with Gasteiger partial charge in [0.15, 0.2) is 5.82 Å². The number of nitrogens with two attached hydrogens (primary N) is 1. The molecule has 1 aromatic carbocycles. The quantitative estimate of drug-likeness (QED) is 0.583. The number of carbonyl (C=O) groups is 2. The number of nitrogens with one attached hydrogen (secondary N) is 1. The number of amides is 2. The van der Waals surface area contributed by atoms with Crippen molar-refractivity contribution in [1.29, 1.82) is 0 Å². The first kappa shape index (κ1) is 22.5. The van der Waals surface area contributed by atoms with Gasteiger partial charge in [0.2, 0.25) is 0 Å². The molecule has 164 valence electrons. The molecule has 3 N–H and O–H groups in total. The highest BCUT2D eigenvalue weighted by molar-refractivity contribution is 7.92. The van der Waals surface area contributed by atoms with Crippen LogP contribution >= 0.6 is 11.3 Å². The number of hydrogen-bond acceptors (Lipinski definition) is 6. The van der Waals surface area contributed by atoms with Crippen LogP contribution in [0.4, 0.5) is 10.8 Å². The average Bonchev–Trinajstić information content (AvgIpc) is 3.21. The van der Waals surface area contributed by atoms with E-state index in [2.05, 4.69) is 10.4 Å². The summed E-state index contributed by atoms with van der Waals surface area (Å²) in [7, 11) is -1.03. The van der Waals surface area contributed by atoms with Crippen molar-refractivity contribution in [2.24, 2.45) is 12.8 Å². The lowest BCUT2D eigenvalue weighted by atomic mass is 10.1. The Kier molecular flexibility index (Phi) is 5.92. The predicted molar refractivity (Wildman–Crippen MR) is 120 cm³/mol. The van der Waals surface area contributed by atoms with Crippen LogP contribution in [0.2, 0.25) is 0 Å². The van der Waals surface area contributed by atoms with Gasteiger partial charge < -0.3 is 11.1 Å². The molecule has 31 heavy (non-hydrogen) atoms. The highest BCUT2D eigenvalue weighted by Gasteiger charge is 2.29. The number of anilines is 2. The fraction of sp³-hybridized carbons (Fsp3) is 0.250. The van der Waals surface area contributed by atoms with Crippen molar-refractivity contribution in [2.75, 3.05) is 16.7 Å². The third-order valence-electron chi connectivity index (χ3n) is 4.99. The lowest BCUT2D eigenvalue weighted by Crippen LogP contribution is -2.30. The van der Waals surface area contributed by atoms with Crippen molar-refractivity contribution in [3.05, 3.63) is 57.6 Å². The van der Waals surface area contributed by atoms with Crippen molar-refractivity contribution < 1.29 is 18.0 Å². The van der Waals surface area contributed by atoms with Crippen LogP contribution in [-0.2, 0) is 17.1 Å². The maximum Gasteiger partial charge on any atom is 0.265 e. The molecule has 9 nitrogen and oxygen atoms in total. The molecule has 0 saturated carbocycles. The summed E-state index contributed by atoms with van der Waals surface area (Å²) in [6.07, 6.45) is 1.28. The number of nitrogens with zero attached hydrogens (tertiary/aromatic N) is 3. The lowest BCUT2D eigenvalue weighted by molar-refractivity contribution is 0.100. The molecule has 2 aromatic heterocycles. The Labute approximate surface area is 184 Å². The van der Waals surface area contributed by atoms with E-state index in [1.807, 2.05) is 13.8 Å². The van der Waals surface area contributed by atoms with Gasteiger partial charge in [-0.3, -0.25) is 18.6 Å². The number of rotatable bonds is 6. The summed E-state index contributed by atoms with van der Waals surface area (Å²) < 4.78 is 28.5. The van der Waals surface area contributed by atoms with Gasteiger partial charge in [-0.1, -0.05) is 17.7 Å². The second-order valence-corrected chi connectivity index (χ2v) is 10.3. The molecule has 0 spiro atoms. The summed E-state index contributed by atoms with van der Waals surface area (Å²) in [5.41, 5.74) is 7.37. The molecule has 11 heteroatoms. The molecule has 3 aromatic rings. The second-order valence-electron chi connectivity index (χ2n) is 7.10. The van der Waals surface area contributed by atoms with Crippen LogP contribution in [0.3, 0.4) is 0 Å². The van der Waals surface area contributed by atoms with E-state index in [1.54, 1.807) is 26.1 Å². The fourth-order valence-corrected chi connectivity index (χ4v) is 5.43. The van der Waals surface area contributed by atoms with Gasteiger partial charge in [0.1, 0.15) is 10.6 Å². The first-order valence-electron chi connectivity index (χ1n) is 9.24. The predicted octanol–water partition coefficient (Wildman–Crippen LogP) is 2.58. The number of carbonyl (C=O) groups excluding carboxylic acids is 2.